The lowest BCUT2D eigenvalue weighted by atomic mass is 9.88. The number of nitrogens with zero attached hydrogens (tertiary/aromatic N) is 1. The Hall–Kier alpha value is -4.33. The predicted octanol–water partition coefficient (Wildman–Crippen LogP) is 2.05. The van der Waals surface area contributed by atoms with E-state index in [4.69, 9.17) is 11.5 Å². The van der Waals surface area contributed by atoms with Gasteiger partial charge in [0.05, 0.1) is 6.54 Å². The lowest BCUT2D eigenvalue weighted by molar-refractivity contribution is -0.148. The Balaban J connectivity index is 1.72. The number of nitrogens with two attached hydrogens (primary N) is 2. The van der Waals surface area contributed by atoms with Gasteiger partial charge in [0.1, 0.15) is 23.7 Å². The summed E-state index contributed by atoms with van der Waals surface area (Å²) in [5.41, 5.74) is 12.4. The zero-order valence-electron chi connectivity index (χ0n) is 30.9. The Bertz CT molecular complexity index is 1430. The van der Waals surface area contributed by atoms with Gasteiger partial charge in [0, 0.05) is 26.1 Å². The number of carbonyl (C=O) groups is 5. The van der Waals surface area contributed by atoms with Crippen molar-refractivity contribution in [1.82, 2.24) is 26.2 Å². The highest BCUT2D eigenvalue weighted by Gasteiger charge is 2.40. The summed E-state index contributed by atoms with van der Waals surface area (Å²) in [6.45, 7) is 7.29. The minimum atomic E-state index is -1.40. The van der Waals surface area contributed by atoms with Crippen LogP contribution in [0.2, 0.25) is 0 Å². The Morgan fingerprint density at radius 1 is 0.846 bits per heavy atom. The van der Waals surface area contributed by atoms with Crippen LogP contribution in [0.5, 0.6) is 0 Å². The molecule has 2 aromatic carbocycles. The fourth-order valence-corrected chi connectivity index (χ4v) is 6.45. The second kappa shape index (κ2) is 21.3. The Morgan fingerprint density at radius 3 is 2.02 bits per heavy atom. The zero-order valence-corrected chi connectivity index (χ0v) is 30.9. The lowest BCUT2D eigenvalue weighted by Crippen LogP contribution is -2.60. The molecular formula is C39H59N7O6. The van der Waals surface area contributed by atoms with Crippen molar-refractivity contribution in [3.63, 3.8) is 0 Å². The van der Waals surface area contributed by atoms with Gasteiger partial charge in [-0.15, -0.1) is 0 Å². The molecule has 0 aliphatic carbocycles. The molecule has 0 spiro atoms. The van der Waals surface area contributed by atoms with Gasteiger partial charge in [0.25, 0.3) is 0 Å². The van der Waals surface area contributed by atoms with Gasteiger partial charge in [-0.2, -0.15) is 0 Å². The maximum atomic E-state index is 13.9. The quantitative estimate of drug-likeness (QED) is 0.0940. The van der Waals surface area contributed by atoms with Gasteiger partial charge in [0.15, 0.2) is 0 Å². The number of piperidine rings is 1. The molecule has 1 aliphatic rings. The number of aliphatic carboxylic acids is 1. The molecule has 0 bridgehead atoms. The molecule has 2 aromatic rings. The molecule has 0 aromatic heterocycles. The first kappa shape index (κ1) is 42.1. The van der Waals surface area contributed by atoms with Crippen LogP contribution in [-0.4, -0.2) is 96.0 Å². The number of carbonyl (C=O) groups excluding carboxylic acids is 4. The van der Waals surface area contributed by atoms with Gasteiger partial charge in [-0.1, -0.05) is 81.4 Å². The van der Waals surface area contributed by atoms with Crippen molar-refractivity contribution >= 4 is 29.6 Å². The van der Waals surface area contributed by atoms with Crippen molar-refractivity contribution in [3.8, 4) is 0 Å². The van der Waals surface area contributed by atoms with Gasteiger partial charge >= 0.3 is 5.97 Å². The number of hydrogen-bond acceptors (Lipinski definition) is 8. The van der Waals surface area contributed by atoms with E-state index in [9.17, 15) is 29.1 Å². The van der Waals surface area contributed by atoms with Crippen LogP contribution >= 0.6 is 0 Å². The molecule has 286 valence electrons. The summed E-state index contributed by atoms with van der Waals surface area (Å²) in [5, 5.41) is 21.4. The second-order valence-corrected chi connectivity index (χ2v) is 14.3. The Morgan fingerprint density at radius 2 is 1.44 bits per heavy atom. The van der Waals surface area contributed by atoms with E-state index in [1.165, 1.54) is 5.56 Å². The van der Waals surface area contributed by atoms with E-state index in [1.807, 2.05) is 62.4 Å². The highest BCUT2D eigenvalue weighted by molar-refractivity contribution is 5.94. The van der Waals surface area contributed by atoms with Crippen LogP contribution in [0.25, 0.3) is 0 Å². The third kappa shape index (κ3) is 13.3. The van der Waals surface area contributed by atoms with Crippen LogP contribution < -0.4 is 32.7 Å². The average Bonchev–Trinajstić information content (AvgIpc) is 3.13. The van der Waals surface area contributed by atoms with Crippen LogP contribution in [0.3, 0.4) is 0 Å². The summed E-state index contributed by atoms with van der Waals surface area (Å²) in [7, 11) is 0. The number of likely N-dealkylation sites (tertiary alicyclic amines) is 1. The SMILES string of the molecule is CCC(CNCC(=O)NC(Cc1ccccc1)C(=O)NC(CC(C)C)C(=O)NC(CCCCN)C(=O)N1CCC(N)(C(=O)O)CC1)c1ccccc1. The zero-order chi connectivity index (χ0) is 38.1. The van der Waals surface area contributed by atoms with Gasteiger partial charge < -0.3 is 42.7 Å². The smallest absolute Gasteiger partial charge is 0.323 e. The minimum absolute atomic E-state index is 0.0125. The normalized spacial score (nSPS) is 16.3. The molecule has 4 amide bonds. The van der Waals surface area contributed by atoms with E-state index in [1.54, 1.807) is 4.90 Å². The van der Waals surface area contributed by atoms with E-state index in [0.717, 1.165) is 12.0 Å². The highest BCUT2D eigenvalue weighted by Crippen LogP contribution is 2.22. The number of unbranched alkanes of at least 4 members (excludes halogenated alkanes) is 1. The van der Waals surface area contributed by atoms with Gasteiger partial charge in [-0.3, -0.25) is 24.0 Å². The molecule has 4 atom stereocenters. The summed E-state index contributed by atoms with van der Waals surface area (Å²) < 4.78 is 0. The molecular weight excluding hydrogens is 662 g/mol. The van der Waals surface area contributed by atoms with Crippen molar-refractivity contribution in [2.24, 2.45) is 17.4 Å². The molecule has 1 aliphatic heterocycles. The van der Waals surface area contributed by atoms with E-state index < -0.39 is 41.4 Å². The van der Waals surface area contributed by atoms with E-state index in [-0.39, 0.29) is 62.5 Å². The molecule has 0 radical (unpaired) electrons. The molecule has 1 heterocycles. The number of rotatable bonds is 21. The number of nitrogens with one attached hydrogen (secondary N) is 4. The van der Waals surface area contributed by atoms with E-state index >= 15 is 0 Å². The van der Waals surface area contributed by atoms with Crippen molar-refractivity contribution in [1.29, 1.82) is 0 Å². The van der Waals surface area contributed by atoms with Crippen LogP contribution in [0.1, 0.15) is 82.8 Å². The van der Waals surface area contributed by atoms with Crippen molar-refractivity contribution in [2.75, 3.05) is 32.7 Å². The third-order valence-electron chi connectivity index (χ3n) is 9.67. The maximum Gasteiger partial charge on any atom is 0.323 e. The van der Waals surface area contributed by atoms with Crippen LogP contribution in [0.15, 0.2) is 60.7 Å². The molecule has 52 heavy (non-hydrogen) atoms. The van der Waals surface area contributed by atoms with Crippen LogP contribution in [0.4, 0.5) is 0 Å². The molecule has 1 fully saturated rings. The molecule has 3 rings (SSSR count). The molecule has 9 N–H and O–H groups in total. The summed E-state index contributed by atoms with van der Waals surface area (Å²) in [4.78, 5) is 67.9. The third-order valence-corrected chi connectivity index (χ3v) is 9.67. The second-order valence-electron chi connectivity index (χ2n) is 14.3. The first-order chi connectivity index (χ1) is 24.9. The molecule has 13 nitrogen and oxygen atoms in total. The number of amides is 4. The fourth-order valence-electron chi connectivity index (χ4n) is 6.45. The van der Waals surface area contributed by atoms with Gasteiger partial charge in [-0.05, 0) is 74.5 Å². The van der Waals surface area contributed by atoms with Crippen LogP contribution in [-0.2, 0) is 30.4 Å². The molecule has 1 saturated heterocycles. The maximum absolute atomic E-state index is 13.9. The first-order valence-electron chi connectivity index (χ1n) is 18.6. The van der Waals surface area contributed by atoms with Gasteiger partial charge in [0.2, 0.25) is 23.6 Å². The average molecular weight is 722 g/mol. The molecule has 13 heteroatoms. The monoisotopic (exact) mass is 721 g/mol. The number of carboxylic acid groups (broad SMARTS) is 1. The van der Waals surface area contributed by atoms with Crippen molar-refractivity contribution in [2.45, 2.75) is 102 Å². The van der Waals surface area contributed by atoms with E-state index in [0.29, 0.717) is 38.8 Å². The topological polar surface area (TPSA) is 209 Å². The summed E-state index contributed by atoms with van der Waals surface area (Å²) in [6.07, 6.45) is 3.16. The minimum Gasteiger partial charge on any atom is -0.480 e. The predicted molar refractivity (Wildman–Crippen MR) is 201 cm³/mol. The Labute approximate surface area is 308 Å². The standard InChI is InChI=1S/C39H59N7O6/c1-4-29(30-15-9-6-10-16-30)25-42-26-34(47)43-33(24-28-13-7-5-8-14-28)36(49)45-32(23-27(2)3)35(48)44-31(17-11-12-20-40)37(50)46-21-18-39(41,19-22-46)38(51)52/h5-10,13-16,27,29,31-33,42H,4,11-12,17-26,40-41H2,1-3H3,(H,43,47)(H,44,48)(H,45,49)(H,51,52). The van der Waals surface area contributed by atoms with E-state index in [2.05, 4.69) is 40.3 Å². The molecule has 4 unspecified atom stereocenters. The van der Waals surface area contributed by atoms with Gasteiger partial charge in [-0.25, -0.2) is 0 Å². The van der Waals surface area contributed by atoms with Crippen LogP contribution in [0, 0.1) is 5.92 Å². The first-order valence-corrected chi connectivity index (χ1v) is 18.6. The highest BCUT2D eigenvalue weighted by atomic mass is 16.4. The fraction of sp³-hybridized carbons (Fsp3) is 0.564. The van der Waals surface area contributed by atoms with Crippen molar-refractivity contribution < 1.29 is 29.1 Å². The summed E-state index contributed by atoms with van der Waals surface area (Å²) >= 11 is 0. The number of benzene rings is 2. The summed E-state index contributed by atoms with van der Waals surface area (Å²) in [5.74, 6) is -2.56. The lowest BCUT2D eigenvalue weighted by Gasteiger charge is -2.38. The largest absolute Gasteiger partial charge is 0.480 e. The Kier molecular flexibility index (Phi) is 17.2. The summed E-state index contributed by atoms with van der Waals surface area (Å²) in [6, 6.07) is 16.6. The molecule has 0 saturated carbocycles. The number of hydrogen-bond donors (Lipinski definition) is 7. The van der Waals surface area contributed by atoms with Crippen molar-refractivity contribution in [3.05, 3.63) is 71.8 Å². The number of carboxylic acids is 1.